The zero-order valence-electron chi connectivity index (χ0n) is 15.8. The Kier molecular flexibility index (Phi) is 5.51. The van der Waals surface area contributed by atoms with Crippen LogP contribution in [-0.2, 0) is 6.54 Å². The molecule has 0 bridgehead atoms. The zero-order chi connectivity index (χ0) is 17.8. The van der Waals surface area contributed by atoms with Crippen LogP contribution >= 0.6 is 0 Å². The summed E-state index contributed by atoms with van der Waals surface area (Å²) in [5.41, 5.74) is 2.78. The highest BCUT2D eigenvalue weighted by atomic mass is 15.3. The fourth-order valence-electron chi connectivity index (χ4n) is 4.19. The third kappa shape index (κ3) is 4.08. The molecule has 0 amide bonds. The monoisotopic (exact) mass is 350 g/mol. The third-order valence-corrected chi connectivity index (χ3v) is 5.82. The standard InChI is InChI=1S/C22H30N4/c1-24-13-15-25(16-14-24)22-11-10-20(17-23-22)21-9-5-6-12-26(21)18-19-7-3-2-4-8-19/h2-4,7-8,10-11,17,21H,5-6,9,12-16,18H2,1H3/t21-/m0/s1. The molecule has 4 heteroatoms. The van der Waals surface area contributed by atoms with Gasteiger partial charge in [-0.05, 0) is 43.6 Å². The number of hydrogen-bond donors (Lipinski definition) is 0. The molecule has 0 aliphatic carbocycles. The number of nitrogens with zero attached hydrogens (tertiary/aromatic N) is 4. The van der Waals surface area contributed by atoms with E-state index in [9.17, 15) is 0 Å². The van der Waals surface area contributed by atoms with E-state index in [1.165, 1.54) is 36.9 Å². The van der Waals surface area contributed by atoms with E-state index < -0.39 is 0 Å². The normalized spacial score (nSPS) is 22.5. The molecule has 2 aliphatic rings. The number of anilines is 1. The number of likely N-dealkylation sites (tertiary alicyclic amines) is 1. The highest BCUT2D eigenvalue weighted by Gasteiger charge is 2.24. The molecule has 1 aromatic heterocycles. The van der Waals surface area contributed by atoms with Crippen molar-refractivity contribution in [2.45, 2.75) is 31.8 Å². The van der Waals surface area contributed by atoms with Crippen LogP contribution in [0, 0.1) is 0 Å². The number of hydrogen-bond acceptors (Lipinski definition) is 4. The van der Waals surface area contributed by atoms with Crippen LogP contribution in [0.25, 0.3) is 0 Å². The van der Waals surface area contributed by atoms with Gasteiger partial charge < -0.3 is 9.80 Å². The summed E-state index contributed by atoms with van der Waals surface area (Å²) in [5, 5.41) is 0. The van der Waals surface area contributed by atoms with Gasteiger partial charge in [0.05, 0.1) is 0 Å². The van der Waals surface area contributed by atoms with Gasteiger partial charge >= 0.3 is 0 Å². The van der Waals surface area contributed by atoms with Crippen molar-refractivity contribution in [3.8, 4) is 0 Å². The van der Waals surface area contributed by atoms with Crippen LogP contribution in [0.5, 0.6) is 0 Å². The second-order valence-electron chi connectivity index (χ2n) is 7.71. The van der Waals surface area contributed by atoms with Crippen LogP contribution in [-0.4, -0.2) is 54.6 Å². The molecule has 138 valence electrons. The molecule has 3 heterocycles. The molecule has 1 aromatic carbocycles. The quantitative estimate of drug-likeness (QED) is 0.841. The minimum absolute atomic E-state index is 0.498. The molecule has 26 heavy (non-hydrogen) atoms. The zero-order valence-corrected chi connectivity index (χ0v) is 15.8. The lowest BCUT2D eigenvalue weighted by Crippen LogP contribution is -2.44. The Morgan fingerprint density at radius 3 is 2.46 bits per heavy atom. The van der Waals surface area contributed by atoms with Crippen LogP contribution in [0.4, 0.5) is 5.82 Å². The van der Waals surface area contributed by atoms with Gasteiger partial charge in [0.25, 0.3) is 0 Å². The van der Waals surface area contributed by atoms with E-state index in [1.807, 2.05) is 0 Å². The summed E-state index contributed by atoms with van der Waals surface area (Å²) in [6, 6.07) is 15.9. The maximum Gasteiger partial charge on any atom is 0.128 e. The number of rotatable bonds is 4. The molecular weight excluding hydrogens is 320 g/mol. The van der Waals surface area contributed by atoms with Gasteiger partial charge in [-0.1, -0.05) is 42.8 Å². The molecule has 0 spiro atoms. The third-order valence-electron chi connectivity index (χ3n) is 5.82. The number of aromatic nitrogens is 1. The van der Waals surface area contributed by atoms with Crippen molar-refractivity contribution < 1.29 is 0 Å². The Morgan fingerprint density at radius 1 is 0.923 bits per heavy atom. The first-order valence-corrected chi connectivity index (χ1v) is 9.97. The summed E-state index contributed by atoms with van der Waals surface area (Å²) in [6.07, 6.45) is 5.98. The Bertz CT molecular complexity index is 677. The summed E-state index contributed by atoms with van der Waals surface area (Å²) < 4.78 is 0. The summed E-state index contributed by atoms with van der Waals surface area (Å²) in [7, 11) is 2.19. The molecule has 2 saturated heterocycles. The number of benzene rings is 1. The molecule has 1 atom stereocenters. The summed E-state index contributed by atoms with van der Waals surface area (Å²) in [5.74, 6) is 1.13. The molecule has 0 unspecified atom stereocenters. The highest BCUT2D eigenvalue weighted by molar-refractivity contribution is 5.40. The van der Waals surface area contributed by atoms with E-state index in [2.05, 4.69) is 70.4 Å². The van der Waals surface area contributed by atoms with E-state index in [0.29, 0.717) is 6.04 Å². The minimum Gasteiger partial charge on any atom is -0.354 e. The fraction of sp³-hybridized carbons (Fsp3) is 0.500. The lowest BCUT2D eigenvalue weighted by Gasteiger charge is -2.36. The second kappa shape index (κ2) is 8.19. The first-order valence-electron chi connectivity index (χ1n) is 9.97. The van der Waals surface area contributed by atoms with Crippen LogP contribution in [0.1, 0.15) is 36.4 Å². The van der Waals surface area contributed by atoms with Crippen molar-refractivity contribution in [2.24, 2.45) is 0 Å². The van der Waals surface area contributed by atoms with Gasteiger partial charge in [0.2, 0.25) is 0 Å². The van der Waals surface area contributed by atoms with Crippen LogP contribution < -0.4 is 4.90 Å². The highest BCUT2D eigenvalue weighted by Crippen LogP contribution is 2.32. The van der Waals surface area contributed by atoms with E-state index in [0.717, 1.165) is 38.5 Å². The Hall–Kier alpha value is -1.91. The SMILES string of the molecule is CN1CCN(c2ccc([C@@H]3CCCCN3Cc3ccccc3)cn2)CC1. The second-order valence-corrected chi connectivity index (χ2v) is 7.71. The van der Waals surface area contributed by atoms with E-state index in [1.54, 1.807) is 0 Å². The summed E-state index contributed by atoms with van der Waals surface area (Å²) >= 11 is 0. The predicted molar refractivity (Wildman–Crippen MR) is 107 cm³/mol. The topological polar surface area (TPSA) is 22.6 Å². The van der Waals surface area contributed by atoms with E-state index in [-0.39, 0.29) is 0 Å². The van der Waals surface area contributed by atoms with Gasteiger partial charge in [0.1, 0.15) is 5.82 Å². The van der Waals surface area contributed by atoms with Crippen molar-refractivity contribution in [1.82, 2.24) is 14.8 Å². The summed E-state index contributed by atoms with van der Waals surface area (Å²) in [4.78, 5) is 12.2. The van der Waals surface area contributed by atoms with Crippen molar-refractivity contribution in [2.75, 3.05) is 44.7 Å². The number of pyridine rings is 1. The van der Waals surface area contributed by atoms with E-state index in [4.69, 9.17) is 4.98 Å². The number of piperazine rings is 1. The van der Waals surface area contributed by atoms with Gasteiger partial charge in [-0.2, -0.15) is 0 Å². The first kappa shape index (κ1) is 17.5. The minimum atomic E-state index is 0.498. The fourth-order valence-corrected chi connectivity index (χ4v) is 4.19. The maximum absolute atomic E-state index is 4.82. The maximum atomic E-state index is 4.82. The lowest BCUT2D eigenvalue weighted by molar-refractivity contribution is 0.140. The van der Waals surface area contributed by atoms with Crippen molar-refractivity contribution >= 4 is 5.82 Å². The average Bonchev–Trinajstić information content (AvgIpc) is 2.70. The molecule has 0 N–H and O–H groups in total. The van der Waals surface area contributed by atoms with Crippen LogP contribution in [0.15, 0.2) is 48.7 Å². The summed E-state index contributed by atoms with van der Waals surface area (Å²) in [6.45, 7) is 6.61. The molecule has 2 aliphatic heterocycles. The van der Waals surface area contributed by atoms with Gasteiger partial charge in [0.15, 0.2) is 0 Å². The predicted octanol–water partition coefficient (Wildman–Crippen LogP) is 3.56. The Labute approximate surface area is 157 Å². The van der Waals surface area contributed by atoms with Gasteiger partial charge in [0, 0.05) is 45.0 Å². The average molecular weight is 351 g/mol. The molecule has 4 nitrogen and oxygen atoms in total. The molecule has 2 fully saturated rings. The van der Waals surface area contributed by atoms with Crippen LogP contribution in [0.3, 0.4) is 0 Å². The van der Waals surface area contributed by atoms with Crippen LogP contribution in [0.2, 0.25) is 0 Å². The Balaban J connectivity index is 1.46. The first-order chi connectivity index (χ1) is 12.8. The molecule has 2 aromatic rings. The van der Waals surface area contributed by atoms with Gasteiger partial charge in [-0.15, -0.1) is 0 Å². The smallest absolute Gasteiger partial charge is 0.128 e. The molecule has 4 rings (SSSR count). The van der Waals surface area contributed by atoms with Crippen molar-refractivity contribution in [3.05, 3.63) is 59.8 Å². The number of likely N-dealkylation sites (N-methyl/N-ethyl adjacent to an activating group) is 1. The largest absolute Gasteiger partial charge is 0.354 e. The van der Waals surface area contributed by atoms with Crippen molar-refractivity contribution in [1.29, 1.82) is 0 Å². The van der Waals surface area contributed by atoms with Gasteiger partial charge in [-0.25, -0.2) is 4.98 Å². The molecule has 0 saturated carbocycles. The Morgan fingerprint density at radius 2 is 1.73 bits per heavy atom. The molecular formula is C22H30N4. The van der Waals surface area contributed by atoms with Gasteiger partial charge in [-0.3, -0.25) is 4.90 Å². The van der Waals surface area contributed by atoms with E-state index >= 15 is 0 Å². The number of piperidine rings is 1. The van der Waals surface area contributed by atoms with Crippen molar-refractivity contribution in [3.63, 3.8) is 0 Å². The lowest BCUT2D eigenvalue weighted by atomic mass is 9.95. The molecule has 0 radical (unpaired) electrons.